The molecule has 4 aromatic rings. The largest absolute Gasteiger partial charge is 0.497 e. The number of aromatic nitrogens is 3. The van der Waals surface area contributed by atoms with E-state index in [0.29, 0.717) is 17.1 Å². The van der Waals surface area contributed by atoms with Crippen LogP contribution in [0.25, 0.3) is 22.2 Å². The number of nitrogens with zero attached hydrogens (tertiary/aromatic N) is 2. The monoisotopic (exact) mass is 358 g/mol. The van der Waals surface area contributed by atoms with Crippen LogP contribution < -0.4 is 10.1 Å². The number of ether oxygens (including phenoxy) is 1. The van der Waals surface area contributed by atoms with E-state index in [9.17, 15) is 4.79 Å². The van der Waals surface area contributed by atoms with E-state index in [1.165, 1.54) is 0 Å². The first-order valence-electron chi connectivity index (χ1n) is 8.51. The third-order valence-corrected chi connectivity index (χ3v) is 4.31. The summed E-state index contributed by atoms with van der Waals surface area (Å²) in [6.45, 7) is 1.94. The molecular weight excluding hydrogens is 340 g/mol. The van der Waals surface area contributed by atoms with Crippen molar-refractivity contribution in [3.8, 4) is 17.0 Å². The van der Waals surface area contributed by atoms with E-state index < -0.39 is 0 Å². The van der Waals surface area contributed by atoms with Gasteiger partial charge in [-0.05, 0) is 49.4 Å². The van der Waals surface area contributed by atoms with Gasteiger partial charge in [-0.15, -0.1) is 0 Å². The molecule has 0 spiro atoms. The number of carbonyl (C=O) groups is 1. The molecule has 27 heavy (non-hydrogen) atoms. The third kappa shape index (κ3) is 3.37. The van der Waals surface area contributed by atoms with Crippen LogP contribution in [0.15, 0.2) is 60.7 Å². The molecule has 0 aliphatic carbocycles. The van der Waals surface area contributed by atoms with Gasteiger partial charge >= 0.3 is 0 Å². The Hall–Kier alpha value is -3.67. The summed E-state index contributed by atoms with van der Waals surface area (Å²) in [5, 5.41) is 10.9. The Bertz CT molecular complexity index is 1130. The maximum Gasteiger partial charge on any atom is 0.273 e. The molecule has 2 aromatic heterocycles. The topological polar surface area (TPSA) is 79.9 Å². The highest BCUT2D eigenvalue weighted by Gasteiger charge is 2.13. The number of hydrogen-bond acceptors (Lipinski definition) is 4. The first kappa shape index (κ1) is 16.8. The molecular formula is C21H18N4O2. The number of rotatable bonds is 4. The number of methoxy groups -OCH3 is 1. The summed E-state index contributed by atoms with van der Waals surface area (Å²) < 4.78 is 5.24. The summed E-state index contributed by atoms with van der Waals surface area (Å²) in [6, 6.07) is 18.8. The van der Waals surface area contributed by atoms with E-state index in [1.54, 1.807) is 13.2 Å². The molecule has 0 saturated heterocycles. The maximum atomic E-state index is 12.7. The summed E-state index contributed by atoms with van der Waals surface area (Å²) in [7, 11) is 1.61. The molecule has 2 heterocycles. The van der Waals surface area contributed by atoms with Crippen molar-refractivity contribution in [2.75, 3.05) is 12.4 Å². The van der Waals surface area contributed by atoms with Gasteiger partial charge < -0.3 is 10.1 Å². The summed E-state index contributed by atoms with van der Waals surface area (Å²) in [5.74, 6) is 0.477. The van der Waals surface area contributed by atoms with Crippen LogP contribution in [-0.2, 0) is 0 Å². The predicted octanol–water partition coefficient (Wildman–Crippen LogP) is 4.19. The Balaban J connectivity index is 1.60. The normalized spacial score (nSPS) is 10.7. The van der Waals surface area contributed by atoms with Gasteiger partial charge in [0, 0.05) is 16.6 Å². The van der Waals surface area contributed by atoms with E-state index >= 15 is 0 Å². The molecule has 0 aliphatic heterocycles. The molecule has 0 saturated carbocycles. The van der Waals surface area contributed by atoms with Crippen LogP contribution in [0.3, 0.4) is 0 Å². The minimum Gasteiger partial charge on any atom is -0.497 e. The highest BCUT2D eigenvalue weighted by molar-refractivity contribution is 6.08. The molecule has 2 aromatic carbocycles. The van der Waals surface area contributed by atoms with Crippen molar-refractivity contribution >= 4 is 22.5 Å². The fraction of sp³-hybridized carbons (Fsp3) is 0.0952. The predicted molar refractivity (Wildman–Crippen MR) is 105 cm³/mol. The van der Waals surface area contributed by atoms with Gasteiger partial charge in [0.05, 0.1) is 24.0 Å². The zero-order chi connectivity index (χ0) is 18.8. The van der Waals surface area contributed by atoms with Crippen LogP contribution in [0.5, 0.6) is 5.75 Å². The van der Waals surface area contributed by atoms with Crippen molar-refractivity contribution in [3.05, 3.63) is 72.1 Å². The minimum atomic E-state index is -0.260. The number of carbonyl (C=O) groups excluding carboxylic acids is 1. The molecule has 134 valence electrons. The van der Waals surface area contributed by atoms with Gasteiger partial charge in [-0.2, -0.15) is 5.10 Å². The van der Waals surface area contributed by atoms with Crippen molar-refractivity contribution in [2.45, 2.75) is 6.92 Å². The van der Waals surface area contributed by atoms with Crippen molar-refractivity contribution < 1.29 is 9.53 Å². The number of anilines is 1. The molecule has 0 bridgehead atoms. The number of benzene rings is 2. The third-order valence-electron chi connectivity index (χ3n) is 4.31. The molecule has 0 aliphatic rings. The smallest absolute Gasteiger partial charge is 0.273 e. The highest BCUT2D eigenvalue weighted by Crippen LogP contribution is 2.25. The Labute approximate surface area is 156 Å². The van der Waals surface area contributed by atoms with E-state index in [2.05, 4.69) is 20.5 Å². The van der Waals surface area contributed by atoms with Gasteiger partial charge in [-0.1, -0.05) is 18.2 Å². The van der Waals surface area contributed by atoms with Crippen molar-refractivity contribution in [1.82, 2.24) is 15.2 Å². The minimum absolute atomic E-state index is 0.260. The lowest BCUT2D eigenvalue weighted by molar-refractivity contribution is 0.102. The molecule has 4 rings (SSSR count). The summed E-state index contributed by atoms with van der Waals surface area (Å²) in [5.41, 5.74) is 4.41. The van der Waals surface area contributed by atoms with Crippen LogP contribution in [0, 0.1) is 6.92 Å². The van der Waals surface area contributed by atoms with Crippen molar-refractivity contribution in [1.29, 1.82) is 0 Å². The SMILES string of the molecule is COc1cccc(-c2cc(C(=O)Nc3cccc4nc(C)ccc34)[nH]n2)c1. The molecule has 0 fully saturated rings. The number of fused-ring (bicyclic) bond motifs is 1. The van der Waals surface area contributed by atoms with Crippen LogP contribution in [0.4, 0.5) is 5.69 Å². The number of hydrogen-bond donors (Lipinski definition) is 2. The number of nitrogens with one attached hydrogen (secondary N) is 2. The zero-order valence-electron chi connectivity index (χ0n) is 15.0. The van der Waals surface area contributed by atoms with Crippen LogP contribution in [-0.4, -0.2) is 28.2 Å². The molecule has 6 nitrogen and oxygen atoms in total. The van der Waals surface area contributed by atoms with Crippen LogP contribution >= 0.6 is 0 Å². The van der Waals surface area contributed by atoms with Crippen LogP contribution in [0.1, 0.15) is 16.2 Å². The maximum absolute atomic E-state index is 12.7. The second-order valence-electron chi connectivity index (χ2n) is 6.18. The summed E-state index contributed by atoms with van der Waals surface area (Å²) in [6.07, 6.45) is 0. The second kappa shape index (κ2) is 6.92. The lowest BCUT2D eigenvalue weighted by Gasteiger charge is -2.07. The van der Waals surface area contributed by atoms with E-state index in [0.717, 1.165) is 27.9 Å². The van der Waals surface area contributed by atoms with Gasteiger partial charge in [-0.25, -0.2) is 0 Å². The van der Waals surface area contributed by atoms with Crippen molar-refractivity contribution in [2.24, 2.45) is 0 Å². The number of aryl methyl sites for hydroxylation is 1. The molecule has 6 heteroatoms. The Morgan fingerprint density at radius 1 is 1.07 bits per heavy atom. The molecule has 0 unspecified atom stereocenters. The number of amides is 1. The zero-order valence-corrected chi connectivity index (χ0v) is 15.0. The van der Waals surface area contributed by atoms with Gasteiger partial charge in [0.25, 0.3) is 5.91 Å². The quantitative estimate of drug-likeness (QED) is 0.573. The van der Waals surface area contributed by atoms with Gasteiger partial charge in [0.2, 0.25) is 0 Å². The molecule has 0 radical (unpaired) electrons. The number of H-pyrrole nitrogens is 1. The molecule has 0 atom stereocenters. The number of aromatic amines is 1. The lowest BCUT2D eigenvalue weighted by Crippen LogP contribution is -2.12. The first-order chi connectivity index (χ1) is 13.1. The fourth-order valence-electron chi connectivity index (χ4n) is 2.92. The van der Waals surface area contributed by atoms with Crippen LogP contribution in [0.2, 0.25) is 0 Å². The average molecular weight is 358 g/mol. The highest BCUT2D eigenvalue weighted by atomic mass is 16.5. The van der Waals surface area contributed by atoms with E-state index in [4.69, 9.17) is 4.74 Å². The van der Waals surface area contributed by atoms with E-state index in [-0.39, 0.29) is 5.91 Å². The Kier molecular flexibility index (Phi) is 4.30. The number of pyridine rings is 1. The van der Waals surface area contributed by atoms with E-state index in [1.807, 2.05) is 61.5 Å². The molecule has 1 amide bonds. The fourth-order valence-corrected chi connectivity index (χ4v) is 2.92. The Morgan fingerprint density at radius 2 is 1.93 bits per heavy atom. The average Bonchev–Trinajstić information content (AvgIpc) is 3.18. The van der Waals surface area contributed by atoms with Gasteiger partial charge in [0.15, 0.2) is 0 Å². The summed E-state index contributed by atoms with van der Waals surface area (Å²) >= 11 is 0. The second-order valence-corrected chi connectivity index (χ2v) is 6.18. The standard InChI is InChI=1S/C21H18N4O2/c1-13-9-10-16-17(22-13)7-4-8-18(16)23-21(26)20-12-19(24-25-20)14-5-3-6-15(11-14)27-2/h3-12H,1-2H3,(H,23,26)(H,24,25). The lowest BCUT2D eigenvalue weighted by atomic mass is 10.1. The summed E-state index contributed by atoms with van der Waals surface area (Å²) in [4.78, 5) is 17.2. The Morgan fingerprint density at radius 3 is 2.78 bits per heavy atom. The van der Waals surface area contributed by atoms with Crippen molar-refractivity contribution in [3.63, 3.8) is 0 Å². The van der Waals surface area contributed by atoms with Gasteiger partial charge in [0.1, 0.15) is 11.4 Å². The molecule has 2 N–H and O–H groups in total. The van der Waals surface area contributed by atoms with Gasteiger partial charge in [-0.3, -0.25) is 14.9 Å². The first-order valence-corrected chi connectivity index (χ1v) is 8.51.